The number of urea groups is 1. The van der Waals surface area contributed by atoms with Gasteiger partial charge in [-0.25, -0.2) is 9.78 Å². The van der Waals surface area contributed by atoms with Gasteiger partial charge in [0.1, 0.15) is 5.82 Å². The lowest BCUT2D eigenvalue weighted by Gasteiger charge is -2.19. The van der Waals surface area contributed by atoms with Gasteiger partial charge >= 0.3 is 6.03 Å². The van der Waals surface area contributed by atoms with Crippen LogP contribution in [0.3, 0.4) is 0 Å². The lowest BCUT2D eigenvalue weighted by molar-refractivity contribution is 0.248. The molecular formula is C16H23N5O. The molecule has 118 valence electrons. The van der Waals surface area contributed by atoms with E-state index in [1.165, 1.54) is 12.8 Å². The van der Waals surface area contributed by atoms with Gasteiger partial charge in [-0.05, 0) is 38.3 Å². The van der Waals surface area contributed by atoms with Gasteiger partial charge in [0, 0.05) is 19.1 Å². The minimum absolute atomic E-state index is 0.123. The predicted molar refractivity (Wildman–Crippen MR) is 86.9 cm³/mol. The van der Waals surface area contributed by atoms with E-state index in [-0.39, 0.29) is 12.1 Å². The highest BCUT2D eigenvalue weighted by atomic mass is 16.2. The van der Waals surface area contributed by atoms with Gasteiger partial charge in [-0.15, -0.1) is 0 Å². The van der Waals surface area contributed by atoms with Crippen LogP contribution in [0.1, 0.15) is 38.3 Å². The number of rotatable bonds is 5. The van der Waals surface area contributed by atoms with Crippen LogP contribution in [0.4, 0.5) is 16.3 Å². The number of amides is 2. The largest absolute Gasteiger partial charge is 0.357 e. The monoisotopic (exact) mass is 301 g/mol. The molecule has 1 unspecified atom stereocenters. The molecule has 0 saturated carbocycles. The van der Waals surface area contributed by atoms with Crippen molar-refractivity contribution in [2.45, 2.75) is 45.6 Å². The molecule has 1 aliphatic rings. The van der Waals surface area contributed by atoms with Crippen LogP contribution in [0.25, 0.3) is 0 Å². The van der Waals surface area contributed by atoms with Crippen LogP contribution in [0.2, 0.25) is 0 Å². The summed E-state index contributed by atoms with van der Waals surface area (Å²) in [6.45, 7) is 5.93. The Balaban J connectivity index is 1.97. The summed E-state index contributed by atoms with van der Waals surface area (Å²) in [6, 6.07) is 5.50. The first-order valence-corrected chi connectivity index (χ1v) is 7.81. The summed E-state index contributed by atoms with van der Waals surface area (Å²) in [4.78, 5) is 18.8. The summed E-state index contributed by atoms with van der Waals surface area (Å²) >= 11 is 0. The van der Waals surface area contributed by atoms with E-state index < -0.39 is 0 Å². The summed E-state index contributed by atoms with van der Waals surface area (Å²) in [5.74, 6) is 0.969. The molecule has 0 spiro atoms. The number of carbonyl (C=O) groups excluding carboxylic acids is 1. The molecule has 0 bridgehead atoms. The molecule has 2 amide bonds. The fourth-order valence-electron chi connectivity index (χ4n) is 2.55. The fourth-order valence-corrected chi connectivity index (χ4v) is 2.55. The van der Waals surface area contributed by atoms with Gasteiger partial charge < -0.3 is 15.5 Å². The smallest absolute Gasteiger partial charge is 0.319 e. The Morgan fingerprint density at radius 1 is 1.45 bits per heavy atom. The SMILES string of the molecule is CCC(CC#N)NC(=O)Nc1ccc(N2CCCC2)nc1C. The first-order chi connectivity index (χ1) is 10.6. The van der Waals surface area contributed by atoms with Crippen molar-refractivity contribution in [3.63, 3.8) is 0 Å². The van der Waals surface area contributed by atoms with E-state index in [9.17, 15) is 4.79 Å². The highest BCUT2D eigenvalue weighted by Gasteiger charge is 2.15. The predicted octanol–water partition coefficient (Wildman–Crippen LogP) is 2.80. The van der Waals surface area contributed by atoms with Crippen molar-refractivity contribution >= 4 is 17.5 Å². The van der Waals surface area contributed by atoms with Crippen LogP contribution in [-0.2, 0) is 0 Å². The lowest BCUT2D eigenvalue weighted by Crippen LogP contribution is -2.37. The number of anilines is 2. The number of pyridine rings is 1. The van der Waals surface area contributed by atoms with Crippen molar-refractivity contribution in [3.8, 4) is 6.07 Å². The zero-order valence-corrected chi connectivity index (χ0v) is 13.2. The summed E-state index contributed by atoms with van der Waals surface area (Å²) in [6.07, 6.45) is 3.46. The molecule has 0 aliphatic carbocycles. The number of hydrogen-bond acceptors (Lipinski definition) is 4. The van der Waals surface area contributed by atoms with Gasteiger partial charge in [0.25, 0.3) is 0 Å². The molecule has 1 saturated heterocycles. The van der Waals surface area contributed by atoms with Crippen LogP contribution >= 0.6 is 0 Å². The van der Waals surface area contributed by atoms with E-state index in [2.05, 4.69) is 26.6 Å². The number of nitrogens with zero attached hydrogens (tertiary/aromatic N) is 3. The van der Waals surface area contributed by atoms with E-state index >= 15 is 0 Å². The molecule has 1 aromatic rings. The first kappa shape index (κ1) is 16.1. The molecule has 1 fully saturated rings. The van der Waals surface area contributed by atoms with E-state index in [0.29, 0.717) is 12.1 Å². The van der Waals surface area contributed by atoms with Gasteiger partial charge in [0.05, 0.1) is 23.9 Å². The van der Waals surface area contributed by atoms with Crippen molar-refractivity contribution in [2.75, 3.05) is 23.3 Å². The number of nitriles is 1. The second-order valence-corrected chi connectivity index (χ2v) is 5.56. The van der Waals surface area contributed by atoms with E-state index in [1.807, 2.05) is 26.0 Å². The first-order valence-electron chi connectivity index (χ1n) is 7.81. The number of aryl methyl sites for hydroxylation is 1. The Morgan fingerprint density at radius 3 is 2.77 bits per heavy atom. The van der Waals surface area contributed by atoms with Crippen LogP contribution in [0, 0.1) is 18.3 Å². The maximum absolute atomic E-state index is 12.0. The van der Waals surface area contributed by atoms with Crippen molar-refractivity contribution in [2.24, 2.45) is 0 Å². The second kappa shape index (κ2) is 7.64. The summed E-state index contributed by atoms with van der Waals surface area (Å²) < 4.78 is 0. The Labute approximate surface area is 131 Å². The topological polar surface area (TPSA) is 81.0 Å². The van der Waals surface area contributed by atoms with Crippen LogP contribution < -0.4 is 15.5 Å². The molecule has 6 heteroatoms. The maximum Gasteiger partial charge on any atom is 0.319 e. The van der Waals surface area contributed by atoms with Crippen LogP contribution in [-0.4, -0.2) is 30.1 Å². The molecule has 1 atom stereocenters. The highest BCUT2D eigenvalue weighted by molar-refractivity contribution is 5.90. The number of aromatic nitrogens is 1. The van der Waals surface area contributed by atoms with E-state index in [4.69, 9.17) is 5.26 Å². The molecule has 1 aliphatic heterocycles. The minimum atomic E-state index is -0.291. The molecular weight excluding hydrogens is 278 g/mol. The van der Waals surface area contributed by atoms with E-state index in [1.54, 1.807) is 0 Å². The molecule has 22 heavy (non-hydrogen) atoms. The van der Waals surface area contributed by atoms with Crippen molar-refractivity contribution in [1.82, 2.24) is 10.3 Å². The lowest BCUT2D eigenvalue weighted by atomic mass is 10.2. The quantitative estimate of drug-likeness (QED) is 0.876. The maximum atomic E-state index is 12.0. The third kappa shape index (κ3) is 4.10. The molecule has 2 N–H and O–H groups in total. The minimum Gasteiger partial charge on any atom is -0.357 e. The number of hydrogen-bond donors (Lipinski definition) is 2. The van der Waals surface area contributed by atoms with Crippen LogP contribution in [0.5, 0.6) is 0 Å². The van der Waals surface area contributed by atoms with Crippen molar-refractivity contribution < 1.29 is 4.79 Å². The Kier molecular flexibility index (Phi) is 5.59. The standard InChI is InChI=1S/C16H23N5O/c1-3-13(8-9-17)19-16(22)20-14-6-7-15(18-12(14)2)21-10-4-5-11-21/h6-7,13H,3-5,8,10-11H2,1-2H3,(H2,19,20,22). The summed E-state index contributed by atoms with van der Waals surface area (Å²) in [5.41, 5.74) is 1.50. The zero-order chi connectivity index (χ0) is 15.9. The molecule has 0 radical (unpaired) electrons. The molecule has 1 aromatic heterocycles. The second-order valence-electron chi connectivity index (χ2n) is 5.56. The van der Waals surface area contributed by atoms with Crippen molar-refractivity contribution in [3.05, 3.63) is 17.8 Å². The fraction of sp³-hybridized carbons (Fsp3) is 0.562. The van der Waals surface area contributed by atoms with Gasteiger partial charge in [-0.2, -0.15) is 5.26 Å². The molecule has 0 aromatic carbocycles. The number of nitrogens with one attached hydrogen (secondary N) is 2. The van der Waals surface area contributed by atoms with Gasteiger partial charge in [-0.3, -0.25) is 0 Å². The van der Waals surface area contributed by atoms with Gasteiger partial charge in [0.15, 0.2) is 0 Å². The third-order valence-electron chi connectivity index (χ3n) is 3.92. The average molecular weight is 301 g/mol. The van der Waals surface area contributed by atoms with Gasteiger partial charge in [0.2, 0.25) is 0 Å². The van der Waals surface area contributed by atoms with Gasteiger partial charge in [-0.1, -0.05) is 6.92 Å². The molecule has 6 nitrogen and oxygen atoms in total. The number of carbonyl (C=O) groups is 1. The van der Waals surface area contributed by atoms with Crippen molar-refractivity contribution in [1.29, 1.82) is 5.26 Å². The summed E-state index contributed by atoms with van der Waals surface area (Å²) in [7, 11) is 0. The average Bonchev–Trinajstić information content (AvgIpc) is 3.03. The van der Waals surface area contributed by atoms with Crippen LogP contribution in [0.15, 0.2) is 12.1 Å². The molecule has 2 heterocycles. The molecule has 2 rings (SSSR count). The zero-order valence-electron chi connectivity index (χ0n) is 13.2. The normalized spacial score (nSPS) is 15.2. The highest BCUT2D eigenvalue weighted by Crippen LogP contribution is 2.21. The van der Waals surface area contributed by atoms with E-state index in [0.717, 1.165) is 31.0 Å². The Morgan fingerprint density at radius 2 is 2.18 bits per heavy atom. The Bertz CT molecular complexity index is 560. The Hall–Kier alpha value is -2.29. The third-order valence-corrected chi connectivity index (χ3v) is 3.92. The summed E-state index contributed by atoms with van der Waals surface area (Å²) in [5, 5.41) is 14.3.